The van der Waals surface area contributed by atoms with Crippen molar-refractivity contribution in [1.29, 1.82) is 0 Å². The highest BCUT2D eigenvalue weighted by molar-refractivity contribution is 5.82. The van der Waals surface area contributed by atoms with Gasteiger partial charge in [0.2, 0.25) is 0 Å². The third-order valence-electron chi connectivity index (χ3n) is 3.93. The summed E-state index contributed by atoms with van der Waals surface area (Å²) in [6.07, 6.45) is 2.34. The van der Waals surface area contributed by atoms with Gasteiger partial charge in [0, 0.05) is 26.8 Å². The Morgan fingerprint density at radius 1 is 1.45 bits per heavy atom. The molecule has 1 heterocycles. The minimum Gasteiger partial charge on any atom is -0.396 e. The van der Waals surface area contributed by atoms with Crippen LogP contribution in [0.5, 0.6) is 0 Å². The fourth-order valence-corrected chi connectivity index (χ4v) is 2.86. The number of methoxy groups -OCH3 is 1. The van der Waals surface area contributed by atoms with Crippen molar-refractivity contribution in [3.8, 4) is 0 Å². The average Bonchev–Trinajstić information content (AvgIpc) is 2.50. The van der Waals surface area contributed by atoms with E-state index in [0.717, 1.165) is 37.9 Å². The molecule has 20 heavy (non-hydrogen) atoms. The third kappa shape index (κ3) is 3.58. The van der Waals surface area contributed by atoms with Crippen molar-refractivity contribution in [1.82, 2.24) is 4.90 Å². The SMILES string of the molecule is COC(C(=O)N1CCCC(CCO)C1)c1ccccc1. The number of carbonyl (C=O) groups is 1. The zero-order valence-corrected chi connectivity index (χ0v) is 12.0. The maximum Gasteiger partial charge on any atom is 0.256 e. The molecule has 1 fully saturated rings. The Hall–Kier alpha value is -1.39. The Labute approximate surface area is 120 Å². The minimum atomic E-state index is -0.524. The quantitative estimate of drug-likeness (QED) is 0.895. The molecule has 1 aliphatic heterocycles. The first-order valence-electron chi connectivity index (χ1n) is 7.23. The van der Waals surface area contributed by atoms with Gasteiger partial charge in [0.25, 0.3) is 5.91 Å². The third-order valence-corrected chi connectivity index (χ3v) is 3.93. The molecule has 1 aliphatic rings. The molecule has 2 rings (SSSR count). The van der Waals surface area contributed by atoms with Crippen LogP contribution in [0.3, 0.4) is 0 Å². The number of piperidine rings is 1. The van der Waals surface area contributed by atoms with Crippen LogP contribution in [0.4, 0.5) is 0 Å². The Bertz CT molecular complexity index is 419. The van der Waals surface area contributed by atoms with Gasteiger partial charge < -0.3 is 14.7 Å². The van der Waals surface area contributed by atoms with Gasteiger partial charge in [0.05, 0.1) is 0 Å². The Morgan fingerprint density at radius 3 is 2.85 bits per heavy atom. The Kier molecular flexibility index (Phi) is 5.56. The second kappa shape index (κ2) is 7.41. The molecule has 1 saturated heterocycles. The van der Waals surface area contributed by atoms with Crippen LogP contribution in [-0.2, 0) is 9.53 Å². The lowest BCUT2D eigenvalue weighted by molar-refractivity contribution is -0.144. The second-order valence-electron chi connectivity index (χ2n) is 5.33. The molecule has 1 aromatic rings. The van der Waals surface area contributed by atoms with Crippen LogP contribution in [0.2, 0.25) is 0 Å². The van der Waals surface area contributed by atoms with E-state index in [-0.39, 0.29) is 12.5 Å². The number of aliphatic hydroxyl groups is 1. The van der Waals surface area contributed by atoms with Crippen molar-refractivity contribution in [3.63, 3.8) is 0 Å². The number of likely N-dealkylation sites (tertiary alicyclic amines) is 1. The average molecular weight is 277 g/mol. The molecule has 2 unspecified atom stereocenters. The number of aliphatic hydroxyl groups excluding tert-OH is 1. The zero-order valence-electron chi connectivity index (χ0n) is 12.0. The largest absolute Gasteiger partial charge is 0.396 e. The minimum absolute atomic E-state index is 0.0290. The number of ether oxygens (including phenoxy) is 1. The molecule has 1 amide bonds. The maximum absolute atomic E-state index is 12.6. The number of benzene rings is 1. The van der Waals surface area contributed by atoms with E-state index in [4.69, 9.17) is 9.84 Å². The van der Waals surface area contributed by atoms with Crippen LogP contribution in [0.15, 0.2) is 30.3 Å². The summed E-state index contributed by atoms with van der Waals surface area (Å²) in [6.45, 7) is 1.71. The highest BCUT2D eigenvalue weighted by Gasteiger charge is 2.29. The first-order chi connectivity index (χ1) is 9.76. The summed E-state index contributed by atoms with van der Waals surface area (Å²) >= 11 is 0. The molecule has 4 nitrogen and oxygen atoms in total. The van der Waals surface area contributed by atoms with E-state index >= 15 is 0 Å². The van der Waals surface area contributed by atoms with Gasteiger partial charge in [-0.1, -0.05) is 30.3 Å². The Balaban J connectivity index is 2.05. The Morgan fingerprint density at radius 2 is 2.20 bits per heavy atom. The van der Waals surface area contributed by atoms with Crippen LogP contribution >= 0.6 is 0 Å². The van der Waals surface area contributed by atoms with Crippen molar-refractivity contribution in [3.05, 3.63) is 35.9 Å². The number of hydrogen-bond acceptors (Lipinski definition) is 3. The van der Waals surface area contributed by atoms with Crippen molar-refractivity contribution in [2.45, 2.75) is 25.4 Å². The smallest absolute Gasteiger partial charge is 0.256 e. The van der Waals surface area contributed by atoms with Crippen LogP contribution in [0, 0.1) is 5.92 Å². The van der Waals surface area contributed by atoms with E-state index in [0.29, 0.717) is 5.92 Å². The van der Waals surface area contributed by atoms with Crippen LogP contribution in [0.1, 0.15) is 30.9 Å². The molecular formula is C16H23NO3. The predicted octanol–water partition coefficient (Wildman–Crippen LogP) is 2.00. The fraction of sp³-hybridized carbons (Fsp3) is 0.562. The zero-order chi connectivity index (χ0) is 14.4. The van der Waals surface area contributed by atoms with Crippen LogP contribution < -0.4 is 0 Å². The summed E-state index contributed by atoms with van der Waals surface area (Å²) in [5.41, 5.74) is 0.893. The predicted molar refractivity (Wildman–Crippen MR) is 77.2 cm³/mol. The normalized spacial score (nSPS) is 20.7. The van der Waals surface area contributed by atoms with Gasteiger partial charge in [-0.15, -0.1) is 0 Å². The summed E-state index contributed by atoms with van der Waals surface area (Å²) in [7, 11) is 1.57. The van der Waals surface area contributed by atoms with Crippen molar-refractivity contribution in [2.24, 2.45) is 5.92 Å². The van der Waals surface area contributed by atoms with Gasteiger partial charge in [-0.25, -0.2) is 0 Å². The maximum atomic E-state index is 12.6. The van der Waals surface area contributed by atoms with Gasteiger partial charge in [-0.05, 0) is 30.7 Å². The molecule has 1 aromatic carbocycles. The lowest BCUT2D eigenvalue weighted by Crippen LogP contribution is -2.43. The van der Waals surface area contributed by atoms with E-state index in [2.05, 4.69) is 0 Å². The van der Waals surface area contributed by atoms with E-state index < -0.39 is 6.10 Å². The molecule has 0 radical (unpaired) electrons. The summed E-state index contributed by atoms with van der Waals surface area (Å²) < 4.78 is 5.41. The van der Waals surface area contributed by atoms with E-state index in [1.54, 1.807) is 7.11 Å². The summed E-state index contributed by atoms with van der Waals surface area (Å²) in [5, 5.41) is 9.05. The molecular weight excluding hydrogens is 254 g/mol. The van der Waals surface area contributed by atoms with Crippen molar-refractivity contribution in [2.75, 3.05) is 26.8 Å². The molecule has 0 bridgehead atoms. The number of nitrogens with zero attached hydrogens (tertiary/aromatic N) is 1. The number of carbonyl (C=O) groups excluding carboxylic acids is 1. The van der Waals surface area contributed by atoms with Crippen molar-refractivity contribution >= 4 is 5.91 Å². The van der Waals surface area contributed by atoms with Gasteiger partial charge >= 0.3 is 0 Å². The molecule has 4 heteroatoms. The molecule has 1 N–H and O–H groups in total. The molecule has 2 atom stereocenters. The van der Waals surface area contributed by atoms with Gasteiger partial charge in [-0.2, -0.15) is 0 Å². The number of amides is 1. The monoisotopic (exact) mass is 277 g/mol. The second-order valence-corrected chi connectivity index (χ2v) is 5.33. The van der Waals surface area contributed by atoms with Gasteiger partial charge in [0.15, 0.2) is 6.10 Å². The van der Waals surface area contributed by atoms with Gasteiger partial charge in [0.1, 0.15) is 0 Å². The number of hydrogen-bond donors (Lipinski definition) is 1. The first kappa shape index (κ1) is 15.0. The molecule has 0 aromatic heterocycles. The topological polar surface area (TPSA) is 49.8 Å². The molecule has 0 aliphatic carbocycles. The first-order valence-corrected chi connectivity index (χ1v) is 7.23. The van der Waals surface area contributed by atoms with E-state index in [1.165, 1.54) is 0 Å². The standard InChI is InChI=1S/C16H23NO3/c1-20-15(14-7-3-2-4-8-14)16(19)17-10-5-6-13(12-17)9-11-18/h2-4,7-8,13,15,18H,5-6,9-12H2,1H3. The fourth-order valence-electron chi connectivity index (χ4n) is 2.86. The van der Waals surface area contributed by atoms with Crippen LogP contribution in [0.25, 0.3) is 0 Å². The number of rotatable bonds is 5. The molecule has 0 spiro atoms. The highest BCUT2D eigenvalue weighted by atomic mass is 16.5. The molecule has 0 saturated carbocycles. The lowest BCUT2D eigenvalue weighted by Gasteiger charge is -2.34. The van der Waals surface area contributed by atoms with Crippen LogP contribution in [-0.4, -0.2) is 42.7 Å². The highest BCUT2D eigenvalue weighted by Crippen LogP contribution is 2.24. The summed E-state index contributed by atoms with van der Waals surface area (Å²) in [5.74, 6) is 0.437. The molecule has 110 valence electrons. The lowest BCUT2D eigenvalue weighted by atomic mass is 9.94. The summed E-state index contributed by atoms with van der Waals surface area (Å²) in [6, 6.07) is 9.60. The van der Waals surface area contributed by atoms with E-state index in [9.17, 15) is 4.79 Å². The van der Waals surface area contributed by atoms with Gasteiger partial charge in [-0.3, -0.25) is 4.79 Å². The van der Waals surface area contributed by atoms with Crippen molar-refractivity contribution < 1.29 is 14.6 Å². The van der Waals surface area contributed by atoms with E-state index in [1.807, 2.05) is 35.2 Å². The summed E-state index contributed by atoms with van der Waals surface area (Å²) in [4.78, 5) is 14.5.